The molecule has 0 bridgehead atoms. The SMILES string of the molecule is CCCCCCC(NC1CC1)c1nc(C)c(C)s1. The fourth-order valence-electron chi connectivity index (χ4n) is 2.23. The van der Waals surface area contributed by atoms with Crippen LogP contribution in [0, 0.1) is 13.8 Å². The first-order chi connectivity index (χ1) is 8.70. The molecule has 2 nitrogen and oxygen atoms in total. The molecule has 0 amide bonds. The standard InChI is InChI=1S/C15H26N2S/c1-4-5-6-7-8-14(17-13-9-10-13)15-16-11(2)12(3)18-15/h13-14,17H,4-10H2,1-3H3. The van der Waals surface area contributed by atoms with Crippen LogP contribution in [0.25, 0.3) is 0 Å². The number of hydrogen-bond acceptors (Lipinski definition) is 3. The molecule has 0 aliphatic heterocycles. The van der Waals surface area contributed by atoms with Crippen LogP contribution in [0.5, 0.6) is 0 Å². The van der Waals surface area contributed by atoms with Crippen LogP contribution in [0.15, 0.2) is 0 Å². The van der Waals surface area contributed by atoms with Crippen LogP contribution < -0.4 is 5.32 Å². The molecule has 1 aliphatic carbocycles. The lowest BCUT2D eigenvalue weighted by molar-refractivity contribution is 0.466. The van der Waals surface area contributed by atoms with Crippen LogP contribution in [0.3, 0.4) is 0 Å². The van der Waals surface area contributed by atoms with Gasteiger partial charge in [0.25, 0.3) is 0 Å². The fraction of sp³-hybridized carbons (Fsp3) is 0.800. The van der Waals surface area contributed by atoms with Gasteiger partial charge in [0.2, 0.25) is 0 Å². The number of aryl methyl sites for hydroxylation is 2. The van der Waals surface area contributed by atoms with Crippen molar-refractivity contribution in [2.24, 2.45) is 0 Å². The minimum atomic E-state index is 0.506. The normalized spacial score (nSPS) is 17.1. The predicted molar refractivity (Wildman–Crippen MR) is 79.2 cm³/mol. The average Bonchev–Trinajstić information content (AvgIpc) is 3.10. The molecule has 1 saturated carbocycles. The van der Waals surface area contributed by atoms with Gasteiger partial charge in [0, 0.05) is 10.9 Å². The third-order valence-electron chi connectivity index (χ3n) is 3.70. The molecule has 1 fully saturated rings. The van der Waals surface area contributed by atoms with Crippen molar-refractivity contribution in [3.05, 3.63) is 15.6 Å². The van der Waals surface area contributed by atoms with E-state index >= 15 is 0 Å². The van der Waals surface area contributed by atoms with E-state index in [2.05, 4.69) is 26.1 Å². The summed E-state index contributed by atoms with van der Waals surface area (Å²) in [6, 6.07) is 1.28. The summed E-state index contributed by atoms with van der Waals surface area (Å²) in [7, 11) is 0. The highest BCUT2D eigenvalue weighted by Gasteiger charge is 2.26. The Kier molecular flexibility index (Phi) is 5.19. The van der Waals surface area contributed by atoms with Gasteiger partial charge in [0.15, 0.2) is 0 Å². The Morgan fingerprint density at radius 3 is 2.61 bits per heavy atom. The zero-order chi connectivity index (χ0) is 13.0. The summed E-state index contributed by atoms with van der Waals surface area (Å²) in [6.07, 6.45) is 9.34. The van der Waals surface area contributed by atoms with Gasteiger partial charge in [-0.3, -0.25) is 0 Å². The minimum absolute atomic E-state index is 0.506. The summed E-state index contributed by atoms with van der Waals surface area (Å²) in [4.78, 5) is 6.12. The maximum atomic E-state index is 4.75. The Labute approximate surface area is 115 Å². The van der Waals surface area contributed by atoms with Gasteiger partial charge in [-0.2, -0.15) is 0 Å². The Bertz CT molecular complexity index is 349. The molecule has 1 heterocycles. The maximum absolute atomic E-state index is 4.75. The zero-order valence-corrected chi connectivity index (χ0v) is 12.8. The lowest BCUT2D eigenvalue weighted by Crippen LogP contribution is -2.23. The van der Waals surface area contributed by atoms with Crippen molar-refractivity contribution in [1.82, 2.24) is 10.3 Å². The number of unbranched alkanes of at least 4 members (excludes halogenated alkanes) is 3. The highest BCUT2D eigenvalue weighted by atomic mass is 32.1. The van der Waals surface area contributed by atoms with Crippen molar-refractivity contribution in [1.29, 1.82) is 0 Å². The van der Waals surface area contributed by atoms with Crippen molar-refractivity contribution < 1.29 is 0 Å². The molecule has 1 aromatic rings. The topological polar surface area (TPSA) is 24.9 Å². The lowest BCUT2D eigenvalue weighted by Gasteiger charge is -2.16. The summed E-state index contributed by atoms with van der Waals surface area (Å²) in [5.41, 5.74) is 1.21. The van der Waals surface area contributed by atoms with E-state index in [1.54, 1.807) is 0 Å². The van der Waals surface area contributed by atoms with Crippen LogP contribution in [-0.2, 0) is 0 Å². The Hall–Kier alpha value is -0.410. The molecule has 1 aromatic heterocycles. The van der Waals surface area contributed by atoms with Crippen molar-refractivity contribution in [2.75, 3.05) is 0 Å². The molecule has 102 valence electrons. The van der Waals surface area contributed by atoms with E-state index in [-0.39, 0.29) is 0 Å². The number of aromatic nitrogens is 1. The summed E-state index contributed by atoms with van der Waals surface area (Å²) < 4.78 is 0. The number of rotatable bonds is 8. The molecule has 18 heavy (non-hydrogen) atoms. The van der Waals surface area contributed by atoms with E-state index in [1.165, 1.54) is 60.5 Å². The first-order valence-electron chi connectivity index (χ1n) is 7.40. The second-order valence-corrected chi connectivity index (χ2v) is 6.77. The Morgan fingerprint density at radius 2 is 2.06 bits per heavy atom. The van der Waals surface area contributed by atoms with Crippen LogP contribution in [-0.4, -0.2) is 11.0 Å². The molecule has 1 atom stereocenters. The number of thiazole rings is 1. The van der Waals surface area contributed by atoms with Gasteiger partial charge in [0.05, 0.1) is 11.7 Å². The smallest absolute Gasteiger partial charge is 0.110 e. The maximum Gasteiger partial charge on any atom is 0.110 e. The fourth-order valence-corrected chi connectivity index (χ4v) is 3.25. The minimum Gasteiger partial charge on any atom is -0.305 e. The first kappa shape index (κ1) is 14.0. The molecule has 0 radical (unpaired) electrons. The quantitative estimate of drug-likeness (QED) is 0.700. The van der Waals surface area contributed by atoms with Crippen LogP contribution in [0.2, 0.25) is 0 Å². The molecule has 1 aliphatic rings. The van der Waals surface area contributed by atoms with Crippen molar-refractivity contribution in [2.45, 2.75) is 77.8 Å². The summed E-state index contributed by atoms with van der Waals surface area (Å²) in [6.45, 7) is 6.58. The Morgan fingerprint density at radius 1 is 1.28 bits per heavy atom. The Balaban J connectivity index is 1.90. The molecule has 1 N–H and O–H groups in total. The molecule has 1 unspecified atom stereocenters. The van der Waals surface area contributed by atoms with Gasteiger partial charge in [-0.25, -0.2) is 4.98 Å². The second kappa shape index (κ2) is 6.67. The highest BCUT2D eigenvalue weighted by Crippen LogP contribution is 2.30. The van der Waals surface area contributed by atoms with Crippen molar-refractivity contribution in [3.63, 3.8) is 0 Å². The summed E-state index contributed by atoms with van der Waals surface area (Å²) >= 11 is 1.88. The van der Waals surface area contributed by atoms with Gasteiger partial charge < -0.3 is 5.32 Å². The summed E-state index contributed by atoms with van der Waals surface area (Å²) in [5.74, 6) is 0. The number of hydrogen-bond donors (Lipinski definition) is 1. The summed E-state index contributed by atoms with van der Waals surface area (Å²) in [5, 5.41) is 5.09. The van der Waals surface area contributed by atoms with Crippen molar-refractivity contribution in [3.8, 4) is 0 Å². The number of nitrogens with zero attached hydrogens (tertiary/aromatic N) is 1. The largest absolute Gasteiger partial charge is 0.305 e. The van der Waals surface area contributed by atoms with Gasteiger partial charge in [-0.15, -0.1) is 11.3 Å². The van der Waals surface area contributed by atoms with Gasteiger partial charge in [-0.05, 0) is 33.1 Å². The van der Waals surface area contributed by atoms with Gasteiger partial charge in [-0.1, -0.05) is 32.6 Å². The molecular formula is C15H26N2S. The van der Waals surface area contributed by atoms with E-state index in [4.69, 9.17) is 4.98 Å². The van der Waals surface area contributed by atoms with Gasteiger partial charge >= 0.3 is 0 Å². The molecular weight excluding hydrogens is 240 g/mol. The molecule has 3 heteroatoms. The molecule has 0 aromatic carbocycles. The zero-order valence-electron chi connectivity index (χ0n) is 12.0. The second-order valence-electron chi connectivity index (χ2n) is 5.54. The van der Waals surface area contributed by atoms with Gasteiger partial charge in [0.1, 0.15) is 5.01 Å². The van der Waals surface area contributed by atoms with Crippen LogP contribution >= 0.6 is 11.3 Å². The average molecular weight is 266 g/mol. The first-order valence-corrected chi connectivity index (χ1v) is 8.22. The van der Waals surface area contributed by atoms with E-state index in [1.807, 2.05) is 11.3 Å². The van der Waals surface area contributed by atoms with E-state index < -0.39 is 0 Å². The third kappa shape index (κ3) is 4.06. The van der Waals surface area contributed by atoms with Crippen LogP contribution in [0.4, 0.5) is 0 Å². The lowest BCUT2D eigenvalue weighted by atomic mass is 10.1. The van der Waals surface area contributed by atoms with E-state index in [0.29, 0.717) is 6.04 Å². The number of nitrogens with one attached hydrogen (secondary N) is 1. The predicted octanol–water partition coefficient (Wildman–Crippen LogP) is 4.52. The molecule has 0 spiro atoms. The third-order valence-corrected chi connectivity index (χ3v) is 4.89. The molecule has 0 saturated heterocycles. The monoisotopic (exact) mass is 266 g/mol. The van der Waals surface area contributed by atoms with Crippen molar-refractivity contribution >= 4 is 11.3 Å². The van der Waals surface area contributed by atoms with Crippen LogP contribution in [0.1, 0.15) is 73.5 Å². The van der Waals surface area contributed by atoms with E-state index in [9.17, 15) is 0 Å². The highest BCUT2D eigenvalue weighted by molar-refractivity contribution is 7.11. The molecule has 2 rings (SSSR count). The van der Waals surface area contributed by atoms with E-state index in [0.717, 1.165) is 6.04 Å².